The van der Waals surface area contributed by atoms with Crippen molar-refractivity contribution < 1.29 is 14.7 Å². The summed E-state index contributed by atoms with van der Waals surface area (Å²) >= 11 is 0. The average Bonchev–Trinajstić information content (AvgIpc) is 2.53. The summed E-state index contributed by atoms with van der Waals surface area (Å²) in [5.41, 5.74) is 1.11. The first kappa shape index (κ1) is 14.3. The second-order valence-corrected chi connectivity index (χ2v) is 4.91. The molecule has 0 spiro atoms. The van der Waals surface area contributed by atoms with Crippen LogP contribution >= 0.6 is 0 Å². The van der Waals surface area contributed by atoms with E-state index in [-0.39, 0.29) is 5.91 Å². The molecule has 2 N–H and O–H groups in total. The van der Waals surface area contributed by atoms with Crippen molar-refractivity contribution in [3.63, 3.8) is 0 Å². The van der Waals surface area contributed by atoms with E-state index in [0.717, 1.165) is 17.9 Å². The second kappa shape index (κ2) is 4.84. The molecule has 0 fully saturated rings. The van der Waals surface area contributed by atoms with Gasteiger partial charge >= 0.3 is 5.97 Å². The van der Waals surface area contributed by atoms with Crippen molar-refractivity contribution in [2.75, 3.05) is 0 Å². The van der Waals surface area contributed by atoms with E-state index in [1.165, 1.54) is 13.8 Å². The number of carboxylic acid groups (broad SMARTS) is 1. The highest BCUT2D eigenvalue weighted by Crippen LogP contribution is 2.16. The molecule has 0 saturated carbocycles. The maximum absolute atomic E-state index is 12.1. The fourth-order valence-corrected chi connectivity index (χ4v) is 1.92. The van der Waals surface area contributed by atoms with Gasteiger partial charge in [0.05, 0.1) is 5.56 Å². The van der Waals surface area contributed by atoms with Crippen LogP contribution in [-0.4, -0.2) is 27.1 Å². The van der Waals surface area contributed by atoms with Gasteiger partial charge in [0.1, 0.15) is 5.54 Å². The molecule has 1 rings (SSSR count). The molecule has 0 radical (unpaired) electrons. The zero-order valence-corrected chi connectivity index (χ0v) is 11.5. The molecular formula is C13H20N2O3. The summed E-state index contributed by atoms with van der Waals surface area (Å²) < 4.78 is 2.02. The van der Waals surface area contributed by atoms with Crippen molar-refractivity contribution in [1.82, 2.24) is 9.88 Å². The molecule has 5 heteroatoms. The van der Waals surface area contributed by atoms with E-state index in [0.29, 0.717) is 5.56 Å². The summed E-state index contributed by atoms with van der Waals surface area (Å²) in [5.74, 6) is -1.41. The lowest BCUT2D eigenvalue weighted by molar-refractivity contribution is -0.143. The molecule has 100 valence electrons. The molecular weight excluding hydrogens is 232 g/mol. The Morgan fingerprint density at radius 2 is 1.94 bits per heavy atom. The maximum atomic E-state index is 12.1. The largest absolute Gasteiger partial charge is 0.480 e. The third-order valence-corrected chi connectivity index (χ3v) is 3.10. The fraction of sp³-hybridized carbons (Fsp3) is 0.538. The summed E-state index contributed by atoms with van der Waals surface area (Å²) in [6.45, 7) is 9.50. The average molecular weight is 252 g/mol. The van der Waals surface area contributed by atoms with Crippen LogP contribution in [0.4, 0.5) is 0 Å². The van der Waals surface area contributed by atoms with Gasteiger partial charge in [-0.3, -0.25) is 4.79 Å². The van der Waals surface area contributed by atoms with E-state index in [9.17, 15) is 9.59 Å². The Bertz CT molecular complexity index is 487. The first-order chi connectivity index (χ1) is 8.20. The first-order valence-corrected chi connectivity index (χ1v) is 5.93. The van der Waals surface area contributed by atoms with Crippen LogP contribution in [0.15, 0.2) is 6.07 Å². The van der Waals surface area contributed by atoms with Gasteiger partial charge in [-0.15, -0.1) is 0 Å². The summed E-state index contributed by atoms with van der Waals surface area (Å²) in [5, 5.41) is 11.5. The number of aliphatic carboxylic acids is 1. The van der Waals surface area contributed by atoms with Gasteiger partial charge in [-0.2, -0.15) is 0 Å². The van der Waals surface area contributed by atoms with Crippen LogP contribution in [0.2, 0.25) is 0 Å². The highest BCUT2D eigenvalue weighted by Gasteiger charge is 2.30. The Morgan fingerprint density at radius 1 is 1.39 bits per heavy atom. The van der Waals surface area contributed by atoms with Crippen molar-refractivity contribution in [3.8, 4) is 0 Å². The van der Waals surface area contributed by atoms with E-state index in [1.807, 2.05) is 25.3 Å². The van der Waals surface area contributed by atoms with Gasteiger partial charge in [-0.1, -0.05) is 0 Å². The van der Waals surface area contributed by atoms with Crippen LogP contribution < -0.4 is 5.32 Å². The number of rotatable bonds is 4. The highest BCUT2D eigenvalue weighted by atomic mass is 16.4. The van der Waals surface area contributed by atoms with Gasteiger partial charge in [-0.25, -0.2) is 4.79 Å². The van der Waals surface area contributed by atoms with Gasteiger partial charge in [0.2, 0.25) is 0 Å². The Balaban J connectivity index is 3.03. The van der Waals surface area contributed by atoms with E-state index in [4.69, 9.17) is 5.11 Å². The third kappa shape index (κ3) is 2.55. The number of hydrogen-bond acceptors (Lipinski definition) is 2. The van der Waals surface area contributed by atoms with Crippen molar-refractivity contribution in [2.24, 2.45) is 0 Å². The number of amides is 1. The fourth-order valence-electron chi connectivity index (χ4n) is 1.92. The lowest BCUT2D eigenvalue weighted by Crippen LogP contribution is -2.49. The number of carbonyl (C=O) groups excluding carboxylic acids is 1. The molecule has 0 bridgehead atoms. The van der Waals surface area contributed by atoms with Crippen molar-refractivity contribution in [2.45, 2.75) is 46.7 Å². The zero-order valence-electron chi connectivity index (χ0n) is 11.5. The molecule has 18 heavy (non-hydrogen) atoms. The smallest absolute Gasteiger partial charge is 0.328 e. The Hall–Kier alpha value is -1.78. The first-order valence-electron chi connectivity index (χ1n) is 5.93. The maximum Gasteiger partial charge on any atom is 0.328 e. The van der Waals surface area contributed by atoms with E-state index < -0.39 is 11.5 Å². The molecule has 5 nitrogen and oxygen atoms in total. The van der Waals surface area contributed by atoms with Gasteiger partial charge < -0.3 is 15.0 Å². The zero-order chi connectivity index (χ0) is 14.1. The summed E-state index contributed by atoms with van der Waals surface area (Å²) in [4.78, 5) is 23.1. The number of nitrogens with one attached hydrogen (secondary N) is 1. The predicted molar refractivity (Wildman–Crippen MR) is 68.8 cm³/mol. The molecule has 1 heterocycles. The van der Waals surface area contributed by atoms with Crippen molar-refractivity contribution in [3.05, 3.63) is 23.0 Å². The van der Waals surface area contributed by atoms with E-state index in [1.54, 1.807) is 6.07 Å². The quantitative estimate of drug-likeness (QED) is 0.857. The Kier molecular flexibility index (Phi) is 3.84. The number of carbonyl (C=O) groups is 2. The Morgan fingerprint density at radius 3 is 2.33 bits per heavy atom. The highest BCUT2D eigenvalue weighted by molar-refractivity contribution is 5.98. The SMILES string of the molecule is CCn1c(C)cc(C(=O)NC(C)(C)C(=O)O)c1C. The third-order valence-electron chi connectivity index (χ3n) is 3.10. The molecule has 0 aliphatic rings. The number of hydrogen-bond donors (Lipinski definition) is 2. The van der Waals surface area contributed by atoms with Crippen LogP contribution in [0.25, 0.3) is 0 Å². The molecule has 1 amide bonds. The normalized spacial score (nSPS) is 11.4. The monoisotopic (exact) mass is 252 g/mol. The molecule has 0 atom stereocenters. The topological polar surface area (TPSA) is 71.3 Å². The molecule has 1 aromatic heterocycles. The lowest BCUT2D eigenvalue weighted by Gasteiger charge is -2.20. The minimum Gasteiger partial charge on any atom is -0.480 e. The molecule has 0 aromatic carbocycles. The number of carboxylic acids is 1. The van der Waals surface area contributed by atoms with Crippen LogP contribution in [0.1, 0.15) is 42.5 Å². The Labute approximate surface area is 107 Å². The van der Waals surface area contributed by atoms with Gasteiger partial charge in [0.15, 0.2) is 0 Å². The number of nitrogens with zero attached hydrogens (tertiary/aromatic N) is 1. The van der Waals surface area contributed by atoms with Crippen LogP contribution in [0.5, 0.6) is 0 Å². The van der Waals surface area contributed by atoms with Crippen LogP contribution in [0, 0.1) is 13.8 Å². The van der Waals surface area contributed by atoms with Gasteiger partial charge in [0.25, 0.3) is 5.91 Å². The van der Waals surface area contributed by atoms with E-state index >= 15 is 0 Å². The standard InChI is InChI=1S/C13H20N2O3/c1-6-15-8(2)7-10(9(15)3)11(16)14-13(4,5)12(17)18/h7H,6H2,1-5H3,(H,14,16)(H,17,18). The van der Waals surface area contributed by atoms with Crippen LogP contribution in [-0.2, 0) is 11.3 Å². The lowest BCUT2D eigenvalue weighted by atomic mass is 10.1. The molecule has 0 saturated heterocycles. The van der Waals surface area contributed by atoms with Gasteiger partial charge in [0, 0.05) is 17.9 Å². The molecule has 0 aliphatic carbocycles. The summed E-state index contributed by atoms with van der Waals surface area (Å²) in [6.07, 6.45) is 0. The van der Waals surface area contributed by atoms with Crippen molar-refractivity contribution in [1.29, 1.82) is 0 Å². The van der Waals surface area contributed by atoms with Crippen molar-refractivity contribution >= 4 is 11.9 Å². The predicted octanol–water partition coefficient (Wildman–Crippen LogP) is 1.72. The van der Waals surface area contributed by atoms with Crippen LogP contribution in [0.3, 0.4) is 0 Å². The number of aryl methyl sites for hydroxylation is 1. The van der Waals surface area contributed by atoms with Gasteiger partial charge in [-0.05, 0) is 40.7 Å². The second-order valence-electron chi connectivity index (χ2n) is 4.91. The number of aromatic nitrogens is 1. The molecule has 1 aromatic rings. The summed E-state index contributed by atoms with van der Waals surface area (Å²) in [7, 11) is 0. The summed E-state index contributed by atoms with van der Waals surface area (Å²) in [6, 6.07) is 1.78. The molecule has 0 aliphatic heterocycles. The van der Waals surface area contributed by atoms with E-state index in [2.05, 4.69) is 5.32 Å². The molecule has 0 unspecified atom stereocenters. The minimum absolute atomic E-state index is 0.352. The minimum atomic E-state index is -1.27.